The smallest absolute Gasteiger partial charge is 0.251 e. The molecule has 3 heterocycles. The van der Waals surface area contributed by atoms with Gasteiger partial charge in [-0.15, -0.1) is 0 Å². The number of nitrogens with zero attached hydrogens (tertiary/aromatic N) is 3. The minimum absolute atomic E-state index is 0.274. The fourth-order valence-corrected chi connectivity index (χ4v) is 5.46. The van der Waals surface area contributed by atoms with Gasteiger partial charge in [-0.1, -0.05) is 27.7 Å². The highest BCUT2D eigenvalue weighted by Crippen LogP contribution is 2.37. The number of hydrogen-bond donors (Lipinski definition) is 1. The van der Waals surface area contributed by atoms with Crippen LogP contribution >= 0.6 is 0 Å². The Labute approximate surface area is 217 Å². The molecule has 204 valence electrons. The maximum Gasteiger partial charge on any atom is 0.251 e. The number of benzene rings is 1. The van der Waals surface area contributed by atoms with E-state index in [0.29, 0.717) is 12.0 Å². The predicted octanol–water partition coefficient (Wildman–Crippen LogP) is 2.42. The van der Waals surface area contributed by atoms with Crippen molar-refractivity contribution in [1.29, 1.82) is 0 Å². The van der Waals surface area contributed by atoms with Gasteiger partial charge in [0, 0.05) is 44.0 Å². The molecule has 2 amide bonds. The van der Waals surface area contributed by atoms with Crippen LogP contribution in [0.1, 0.15) is 44.5 Å². The van der Waals surface area contributed by atoms with Gasteiger partial charge in [0.05, 0.1) is 12.0 Å². The van der Waals surface area contributed by atoms with Gasteiger partial charge < -0.3 is 24.8 Å². The number of alkyl halides is 2. The Hall–Kier alpha value is -2.59. The molecule has 8 nitrogen and oxygen atoms in total. The molecule has 4 rings (SSSR count). The number of nitrogens with one attached hydrogen (secondary N) is 1. The quantitative estimate of drug-likeness (QED) is 0.567. The van der Waals surface area contributed by atoms with Gasteiger partial charge in [-0.05, 0) is 42.6 Å². The van der Waals surface area contributed by atoms with Crippen molar-refractivity contribution in [2.24, 2.45) is 11.3 Å². The zero-order valence-corrected chi connectivity index (χ0v) is 22.1. The van der Waals surface area contributed by atoms with Crippen molar-refractivity contribution in [3.8, 4) is 0 Å². The molecule has 0 aromatic heterocycles. The number of halogens is 2. The number of rotatable bonds is 8. The van der Waals surface area contributed by atoms with Crippen molar-refractivity contribution in [2.45, 2.75) is 58.7 Å². The van der Waals surface area contributed by atoms with Gasteiger partial charge in [0.25, 0.3) is 5.91 Å². The average Bonchev–Trinajstić information content (AvgIpc) is 3.47. The Morgan fingerprint density at radius 1 is 1.11 bits per heavy atom. The number of fused-ring (bicyclic) bond motifs is 1. The normalized spacial score (nSPS) is 25.5. The Morgan fingerprint density at radius 3 is 2.32 bits per heavy atom. The fraction of sp³-hybridized carbons (Fsp3) is 0.667. The highest BCUT2D eigenvalue weighted by Gasteiger charge is 2.56. The third kappa shape index (κ3) is 5.50. The summed E-state index contributed by atoms with van der Waals surface area (Å²) >= 11 is 0. The van der Waals surface area contributed by atoms with E-state index in [1.165, 1.54) is 4.90 Å². The maximum absolute atomic E-state index is 13.7. The van der Waals surface area contributed by atoms with Crippen molar-refractivity contribution in [3.63, 3.8) is 0 Å². The molecule has 0 saturated carbocycles. The van der Waals surface area contributed by atoms with Crippen molar-refractivity contribution < 1.29 is 27.9 Å². The van der Waals surface area contributed by atoms with Gasteiger partial charge in [0.1, 0.15) is 18.7 Å². The molecule has 1 unspecified atom stereocenters. The van der Waals surface area contributed by atoms with Crippen LogP contribution in [0.3, 0.4) is 0 Å². The van der Waals surface area contributed by atoms with Gasteiger partial charge in [-0.2, -0.15) is 0 Å². The third-order valence-corrected chi connectivity index (χ3v) is 8.36. The molecule has 3 saturated heterocycles. The Balaban J connectivity index is 1.50. The molecule has 1 N–H and O–H groups in total. The van der Waals surface area contributed by atoms with Crippen molar-refractivity contribution in [2.75, 3.05) is 50.8 Å². The second-order valence-corrected chi connectivity index (χ2v) is 10.9. The summed E-state index contributed by atoms with van der Waals surface area (Å²) in [6.07, 6.45) is -3.17. The predicted molar refractivity (Wildman–Crippen MR) is 136 cm³/mol. The number of hydrogen-bond acceptors (Lipinski definition) is 6. The summed E-state index contributed by atoms with van der Waals surface area (Å²) in [5, 5.41) is 2.86. The molecule has 0 aliphatic carbocycles. The van der Waals surface area contributed by atoms with E-state index < -0.39 is 47.8 Å². The molecule has 0 spiro atoms. The van der Waals surface area contributed by atoms with Crippen molar-refractivity contribution >= 4 is 23.3 Å². The van der Waals surface area contributed by atoms with Crippen LogP contribution in [-0.2, 0) is 14.3 Å². The minimum Gasteiger partial charge on any atom is -0.369 e. The number of carbonyl (C=O) groups excluding carboxylic acids is 3. The van der Waals surface area contributed by atoms with Crippen LogP contribution in [0, 0.1) is 11.3 Å². The van der Waals surface area contributed by atoms with E-state index in [1.54, 1.807) is 12.1 Å². The van der Waals surface area contributed by atoms with Crippen LogP contribution in [0.25, 0.3) is 0 Å². The second-order valence-electron chi connectivity index (χ2n) is 10.9. The van der Waals surface area contributed by atoms with Gasteiger partial charge in [0.2, 0.25) is 12.3 Å². The zero-order valence-electron chi connectivity index (χ0n) is 22.1. The van der Waals surface area contributed by atoms with E-state index in [4.69, 9.17) is 4.74 Å². The van der Waals surface area contributed by atoms with E-state index in [0.717, 1.165) is 38.4 Å². The van der Waals surface area contributed by atoms with E-state index in [2.05, 4.69) is 22.0 Å². The molecular weight excluding hydrogens is 482 g/mol. The largest absolute Gasteiger partial charge is 0.369 e. The Bertz CT molecular complexity index is 995. The molecular formula is C27H38F2N4O4. The molecule has 3 aliphatic rings. The minimum atomic E-state index is -2.72. The number of carbonyl (C=O) groups is 3. The summed E-state index contributed by atoms with van der Waals surface area (Å²) in [5.41, 5.74) is 0.771. The SMILES string of the molecule is CCN1CCN(c2ccc(C(=O)NC(C(=O)N3C[C@@H](C(F)F)[C@H]4OCC(=O)[C@H]43)C(C)(C)CC)cc2)CC1. The number of Topliss-reactive ketones (excluding diaryl/α,β-unsaturated/α-hetero) is 1. The second kappa shape index (κ2) is 11.0. The summed E-state index contributed by atoms with van der Waals surface area (Å²) < 4.78 is 32.7. The van der Waals surface area contributed by atoms with E-state index in [-0.39, 0.29) is 18.9 Å². The standard InChI is InChI=1S/C27H38F2N4O4/c1-5-27(3,4)23(26(36)33-15-19(24(28)29)22-21(33)20(34)16-37-22)30-25(35)17-7-9-18(10-8-17)32-13-11-31(6-2)12-14-32/h7-10,19,21-24H,5-6,11-16H2,1-4H3,(H,30,35)/t19-,21-,22-,23?/m1/s1. The van der Waals surface area contributed by atoms with Crippen molar-refractivity contribution in [1.82, 2.24) is 15.1 Å². The Morgan fingerprint density at radius 2 is 1.76 bits per heavy atom. The molecule has 3 aliphatic heterocycles. The molecule has 3 fully saturated rings. The lowest BCUT2D eigenvalue weighted by Gasteiger charge is -2.37. The number of amides is 2. The molecule has 1 aromatic rings. The Kier molecular flexibility index (Phi) is 8.18. The number of likely N-dealkylation sites (tertiary alicyclic amines) is 1. The lowest BCUT2D eigenvalue weighted by atomic mass is 9.80. The van der Waals surface area contributed by atoms with Gasteiger partial charge in [-0.25, -0.2) is 8.78 Å². The van der Waals surface area contributed by atoms with E-state index in [9.17, 15) is 23.2 Å². The highest BCUT2D eigenvalue weighted by atomic mass is 19.3. The third-order valence-electron chi connectivity index (χ3n) is 8.36. The maximum atomic E-state index is 13.7. The molecule has 10 heteroatoms. The first-order valence-electron chi connectivity index (χ1n) is 13.2. The van der Waals surface area contributed by atoms with Gasteiger partial charge >= 0.3 is 0 Å². The topological polar surface area (TPSA) is 82.2 Å². The summed E-state index contributed by atoms with van der Waals surface area (Å²) in [5.74, 6) is -2.55. The van der Waals surface area contributed by atoms with Crippen LogP contribution in [-0.4, -0.2) is 97.9 Å². The molecule has 0 bridgehead atoms. The highest BCUT2D eigenvalue weighted by molar-refractivity contribution is 5.99. The summed E-state index contributed by atoms with van der Waals surface area (Å²) in [7, 11) is 0. The zero-order chi connectivity index (χ0) is 26.9. The first kappa shape index (κ1) is 27.4. The van der Waals surface area contributed by atoms with Crippen LogP contribution in [0.2, 0.25) is 0 Å². The van der Waals surface area contributed by atoms with Crippen LogP contribution < -0.4 is 10.2 Å². The molecule has 1 aromatic carbocycles. The number of ketones is 1. The monoisotopic (exact) mass is 520 g/mol. The van der Waals surface area contributed by atoms with E-state index >= 15 is 0 Å². The summed E-state index contributed by atoms with van der Waals surface area (Å²) in [6, 6.07) is 5.27. The number of likely N-dealkylation sites (N-methyl/N-ethyl adjacent to an activating group) is 1. The lowest BCUT2D eigenvalue weighted by molar-refractivity contribution is -0.140. The van der Waals surface area contributed by atoms with Crippen molar-refractivity contribution in [3.05, 3.63) is 29.8 Å². The number of anilines is 1. The molecule has 0 radical (unpaired) electrons. The van der Waals surface area contributed by atoms with Crippen LogP contribution in [0.4, 0.5) is 14.5 Å². The van der Waals surface area contributed by atoms with Gasteiger partial charge in [-0.3, -0.25) is 14.4 Å². The van der Waals surface area contributed by atoms with Crippen LogP contribution in [0.15, 0.2) is 24.3 Å². The molecule has 4 atom stereocenters. The first-order chi connectivity index (χ1) is 17.6. The number of ether oxygens (including phenoxy) is 1. The fourth-order valence-electron chi connectivity index (χ4n) is 5.46. The van der Waals surface area contributed by atoms with E-state index in [1.807, 2.05) is 32.9 Å². The average molecular weight is 521 g/mol. The van der Waals surface area contributed by atoms with Gasteiger partial charge in [0.15, 0.2) is 5.78 Å². The van der Waals surface area contributed by atoms with Crippen LogP contribution in [0.5, 0.6) is 0 Å². The lowest BCUT2D eigenvalue weighted by Crippen LogP contribution is -2.57. The summed E-state index contributed by atoms with van der Waals surface area (Å²) in [6.45, 7) is 12.0. The molecule has 37 heavy (non-hydrogen) atoms. The number of piperazine rings is 1. The summed E-state index contributed by atoms with van der Waals surface area (Å²) in [4.78, 5) is 45.3. The first-order valence-corrected chi connectivity index (χ1v) is 13.2.